The monoisotopic (exact) mass is 258 g/mol. The van der Waals surface area contributed by atoms with Crippen molar-refractivity contribution < 1.29 is 19.4 Å². The third kappa shape index (κ3) is 5.18. The van der Waals surface area contributed by atoms with Crippen LogP contribution >= 0.6 is 0 Å². The minimum atomic E-state index is -1.04. The Kier molecular flexibility index (Phi) is 7.78. The Morgan fingerprint density at radius 1 is 1.50 bits per heavy atom. The first-order valence-corrected chi connectivity index (χ1v) is 5.92. The molecule has 0 aromatic carbocycles. The van der Waals surface area contributed by atoms with Gasteiger partial charge in [-0.2, -0.15) is 0 Å². The van der Waals surface area contributed by atoms with Gasteiger partial charge in [-0.05, 0) is 18.9 Å². The number of aliphatic carboxylic acids is 1. The molecule has 18 heavy (non-hydrogen) atoms. The van der Waals surface area contributed by atoms with Crippen LogP contribution in [-0.2, 0) is 9.53 Å². The summed E-state index contributed by atoms with van der Waals surface area (Å²) in [6.07, 6.45) is 1.31. The Morgan fingerprint density at radius 2 is 2.11 bits per heavy atom. The van der Waals surface area contributed by atoms with E-state index in [1.165, 1.54) is 11.0 Å². The van der Waals surface area contributed by atoms with E-state index in [1.807, 2.05) is 0 Å². The van der Waals surface area contributed by atoms with Gasteiger partial charge in [-0.25, -0.2) is 9.59 Å². The number of nitrogens with two attached hydrogens (primary N) is 1. The first-order chi connectivity index (χ1) is 8.45. The van der Waals surface area contributed by atoms with Crippen molar-refractivity contribution in [1.29, 1.82) is 0 Å². The van der Waals surface area contributed by atoms with Crippen molar-refractivity contribution in [2.75, 3.05) is 19.7 Å². The Hall–Kier alpha value is -1.56. The van der Waals surface area contributed by atoms with Crippen LogP contribution in [0.1, 0.15) is 20.3 Å². The summed E-state index contributed by atoms with van der Waals surface area (Å²) in [4.78, 5) is 24.2. The van der Waals surface area contributed by atoms with Gasteiger partial charge in [-0.3, -0.25) is 4.90 Å². The van der Waals surface area contributed by atoms with Gasteiger partial charge < -0.3 is 15.6 Å². The summed E-state index contributed by atoms with van der Waals surface area (Å²) in [5, 5.41) is 9.19. The minimum Gasteiger partial charge on any atom is -0.480 e. The van der Waals surface area contributed by atoms with Gasteiger partial charge in [0, 0.05) is 6.54 Å². The molecule has 0 aromatic heterocycles. The average Bonchev–Trinajstić information content (AvgIpc) is 2.30. The van der Waals surface area contributed by atoms with Gasteiger partial charge >= 0.3 is 12.1 Å². The number of carboxylic acid groups (broad SMARTS) is 1. The summed E-state index contributed by atoms with van der Waals surface area (Å²) in [6.45, 7) is 7.64. The predicted molar refractivity (Wildman–Crippen MR) is 68.2 cm³/mol. The van der Waals surface area contributed by atoms with Gasteiger partial charge in [-0.15, -0.1) is 0 Å². The summed E-state index contributed by atoms with van der Waals surface area (Å²) in [7, 11) is 0. The number of carbonyl (C=O) groups excluding carboxylic acids is 1. The third-order valence-corrected chi connectivity index (χ3v) is 2.38. The maximum Gasteiger partial charge on any atom is 0.410 e. The molecule has 0 heterocycles. The summed E-state index contributed by atoms with van der Waals surface area (Å²) in [6, 6.07) is -0.908. The standard InChI is InChI=1S/C12H22N2O4/c1-4-8-18-12(17)14(7-5-6-13)10(9(2)3)11(15)16/h4,9-10H,1,5-8,13H2,2-3H3,(H,15,16)/t10-/m0/s1. The number of nitrogens with zero attached hydrogens (tertiary/aromatic N) is 1. The quantitative estimate of drug-likeness (QED) is 0.635. The molecule has 0 radical (unpaired) electrons. The second-order valence-electron chi connectivity index (χ2n) is 4.23. The second kappa shape index (κ2) is 8.52. The maximum atomic E-state index is 11.8. The molecule has 0 rings (SSSR count). The largest absolute Gasteiger partial charge is 0.480 e. The van der Waals surface area contributed by atoms with E-state index in [9.17, 15) is 14.7 Å². The van der Waals surface area contributed by atoms with Crippen LogP contribution in [0.4, 0.5) is 4.79 Å². The van der Waals surface area contributed by atoms with Crippen molar-refractivity contribution in [3.05, 3.63) is 12.7 Å². The van der Waals surface area contributed by atoms with Crippen LogP contribution in [0.3, 0.4) is 0 Å². The van der Waals surface area contributed by atoms with E-state index < -0.39 is 18.1 Å². The number of carboxylic acids is 1. The Morgan fingerprint density at radius 3 is 2.50 bits per heavy atom. The zero-order valence-corrected chi connectivity index (χ0v) is 11.0. The van der Waals surface area contributed by atoms with Crippen molar-refractivity contribution in [3.8, 4) is 0 Å². The van der Waals surface area contributed by atoms with Crippen molar-refractivity contribution in [3.63, 3.8) is 0 Å². The maximum absolute atomic E-state index is 11.8. The van der Waals surface area contributed by atoms with E-state index in [4.69, 9.17) is 10.5 Å². The molecule has 6 heteroatoms. The Bertz CT molecular complexity index is 292. The SMILES string of the molecule is C=CCOC(=O)N(CCCN)[C@H](C(=O)O)C(C)C. The zero-order chi connectivity index (χ0) is 14.1. The molecule has 0 spiro atoms. The smallest absolute Gasteiger partial charge is 0.410 e. The second-order valence-corrected chi connectivity index (χ2v) is 4.23. The van der Waals surface area contributed by atoms with Crippen molar-refractivity contribution in [1.82, 2.24) is 4.90 Å². The molecule has 0 unspecified atom stereocenters. The first kappa shape index (κ1) is 16.4. The number of rotatable bonds is 8. The van der Waals surface area contributed by atoms with Crippen molar-refractivity contribution in [2.24, 2.45) is 11.7 Å². The summed E-state index contributed by atoms with van der Waals surface area (Å²) in [5.74, 6) is -1.26. The van der Waals surface area contributed by atoms with E-state index in [-0.39, 0.29) is 19.1 Å². The lowest BCUT2D eigenvalue weighted by atomic mass is 10.0. The molecule has 0 saturated heterocycles. The lowest BCUT2D eigenvalue weighted by molar-refractivity contribution is -0.144. The van der Waals surface area contributed by atoms with Crippen LogP contribution < -0.4 is 5.73 Å². The number of ether oxygens (including phenoxy) is 1. The van der Waals surface area contributed by atoms with Gasteiger partial charge in [0.05, 0.1) is 0 Å². The number of hydrogen-bond acceptors (Lipinski definition) is 4. The van der Waals surface area contributed by atoms with Crippen LogP contribution in [0.5, 0.6) is 0 Å². The molecule has 1 atom stereocenters. The third-order valence-electron chi connectivity index (χ3n) is 2.38. The van der Waals surface area contributed by atoms with Gasteiger partial charge in [0.1, 0.15) is 12.6 Å². The highest BCUT2D eigenvalue weighted by molar-refractivity contribution is 5.80. The number of hydrogen-bond donors (Lipinski definition) is 2. The van der Waals surface area contributed by atoms with E-state index in [1.54, 1.807) is 13.8 Å². The highest BCUT2D eigenvalue weighted by Crippen LogP contribution is 2.13. The molecule has 0 fully saturated rings. The highest BCUT2D eigenvalue weighted by Gasteiger charge is 2.32. The van der Waals surface area contributed by atoms with Gasteiger partial charge in [0.2, 0.25) is 0 Å². The van der Waals surface area contributed by atoms with Gasteiger partial charge in [0.25, 0.3) is 0 Å². The zero-order valence-electron chi connectivity index (χ0n) is 11.0. The fraction of sp³-hybridized carbons (Fsp3) is 0.667. The number of amides is 1. The van der Waals surface area contributed by atoms with Crippen LogP contribution in [0.15, 0.2) is 12.7 Å². The molecule has 0 bridgehead atoms. The molecule has 0 saturated carbocycles. The molecule has 3 N–H and O–H groups in total. The molecule has 6 nitrogen and oxygen atoms in total. The van der Waals surface area contributed by atoms with Gasteiger partial charge in [0.15, 0.2) is 0 Å². The van der Waals surface area contributed by atoms with Gasteiger partial charge in [-0.1, -0.05) is 26.5 Å². The molecular weight excluding hydrogens is 236 g/mol. The first-order valence-electron chi connectivity index (χ1n) is 5.92. The van der Waals surface area contributed by atoms with E-state index in [0.29, 0.717) is 13.0 Å². The molecule has 104 valence electrons. The summed E-state index contributed by atoms with van der Waals surface area (Å²) >= 11 is 0. The number of carbonyl (C=O) groups is 2. The lowest BCUT2D eigenvalue weighted by Crippen LogP contribution is -2.49. The normalized spacial score (nSPS) is 12.0. The van der Waals surface area contributed by atoms with Crippen LogP contribution in [-0.4, -0.2) is 47.8 Å². The lowest BCUT2D eigenvalue weighted by Gasteiger charge is -2.30. The van der Waals surface area contributed by atoms with E-state index >= 15 is 0 Å². The average molecular weight is 258 g/mol. The molecule has 0 aromatic rings. The van der Waals surface area contributed by atoms with Crippen LogP contribution in [0.25, 0.3) is 0 Å². The molecule has 1 amide bonds. The highest BCUT2D eigenvalue weighted by atomic mass is 16.6. The summed E-state index contributed by atoms with van der Waals surface area (Å²) < 4.78 is 4.90. The van der Waals surface area contributed by atoms with Crippen LogP contribution in [0, 0.1) is 5.92 Å². The molecule has 0 aliphatic rings. The molecule has 0 aliphatic heterocycles. The van der Waals surface area contributed by atoms with E-state index in [2.05, 4.69) is 6.58 Å². The fourth-order valence-corrected chi connectivity index (χ4v) is 1.60. The summed E-state index contributed by atoms with van der Waals surface area (Å²) in [5.41, 5.74) is 5.39. The molecular formula is C12H22N2O4. The predicted octanol–water partition coefficient (Wildman–Crippen LogP) is 1.07. The van der Waals surface area contributed by atoms with E-state index in [0.717, 1.165) is 0 Å². The Labute approximate surface area is 107 Å². The van der Waals surface area contributed by atoms with Crippen LogP contribution in [0.2, 0.25) is 0 Å². The fourth-order valence-electron chi connectivity index (χ4n) is 1.60. The topological polar surface area (TPSA) is 92.9 Å². The Balaban J connectivity index is 4.86. The van der Waals surface area contributed by atoms with Crippen molar-refractivity contribution in [2.45, 2.75) is 26.3 Å². The molecule has 0 aliphatic carbocycles. The van der Waals surface area contributed by atoms with Crippen molar-refractivity contribution >= 4 is 12.1 Å². The minimum absolute atomic E-state index is 0.0579.